The summed E-state index contributed by atoms with van der Waals surface area (Å²) in [7, 11) is 0. The smallest absolute Gasteiger partial charge is 0.410 e. The molecule has 1 heterocycles. The molecule has 13 heteroatoms. The van der Waals surface area contributed by atoms with E-state index in [0.717, 1.165) is 36.8 Å². The van der Waals surface area contributed by atoms with Crippen LogP contribution in [0.2, 0.25) is 0 Å². The van der Waals surface area contributed by atoms with Crippen LogP contribution >= 0.6 is 0 Å². The summed E-state index contributed by atoms with van der Waals surface area (Å²) in [6, 6.07) is 11.3. The number of nitro groups is 1. The van der Waals surface area contributed by atoms with Crippen LogP contribution in [0.5, 0.6) is 11.5 Å². The Labute approximate surface area is 348 Å². The molecule has 5 rings (SSSR count). The molecule has 0 bridgehead atoms. The van der Waals surface area contributed by atoms with Crippen LogP contribution in [0.25, 0.3) is 0 Å². The standard InChI is InChI=1S/C46H63N3O10/c1-7-22-48(44(52)56-31-45(4,5)6)41-29-39(47-58-30-32-16-18-34(19-17-32)49(53)54)37-27-33(14-10-12-23-50)36(15-11-13-24-51)42-38-28-35(55-25-8-2)20-21-40(38)59-46(41,43(37)42)57-26-9-3/h8-9,16-21,27-28,33,36,41-43,50-51H,2-3,7,10-15,22-26,29-31H2,1,4-6H3/t33-,36+,41-,42+,43+,46+/m0/s1. The molecule has 0 aromatic heterocycles. The van der Waals surface area contributed by atoms with Crippen molar-refractivity contribution in [3.63, 3.8) is 0 Å². The number of rotatable bonds is 22. The summed E-state index contributed by atoms with van der Waals surface area (Å²) in [6.45, 7) is 17.1. The van der Waals surface area contributed by atoms with E-state index in [9.17, 15) is 25.1 Å². The number of non-ortho nitro benzene ring substituents is 1. The minimum Gasteiger partial charge on any atom is -0.490 e. The monoisotopic (exact) mass is 817 g/mol. The first-order valence-electron chi connectivity index (χ1n) is 21.0. The third kappa shape index (κ3) is 10.9. The van der Waals surface area contributed by atoms with Gasteiger partial charge in [-0.2, -0.15) is 0 Å². The topological polar surface area (TPSA) is 162 Å². The quantitative estimate of drug-likeness (QED) is 0.0508. The van der Waals surface area contributed by atoms with Crippen LogP contribution in [-0.2, 0) is 20.9 Å². The molecule has 0 saturated heterocycles. The van der Waals surface area contributed by atoms with Gasteiger partial charge in [0.2, 0.25) is 5.79 Å². The predicted molar refractivity (Wildman–Crippen MR) is 226 cm³/mol. The minimum atomic E-state index is -1.42. The Morgan fingerprint density at radius 2 is 1.76 bits per heavy atom. The zero-order chi connectivity index (χ0) is 42.6. The summed E-state index contributed by atoms with van der Waals surface area (Å²) in [5.41, 5.74) is 2.90. The second-order valence-electron chi connectivity index (χ2n) is 16.9. The number of carbonyl (C=O) groups excluding carboxylic acids is 1. The molecule has 59 heavy (non-hydrogen) atoms. The van der Waals surface area contributed by atoms with Gasteiger partial charge in [0.1, 0.15) is 30.8 Å². The average molecular weight is 818 g/mol. The molecular weight excluding hydrogens is 755 g/mol. The lowest BCUT2D eigenvalue weighted by molar-refractivity contribution is -0.384. The van der Waals surface area contributed by atoms with Crippen molar-refractivity contribution in [3.05, 3.63) is 101 Å². The van der Waals surface area contributed by atoms with E-state index < -0.39 is 28.8 Å². The third-order valence-electron chi connectivity index (χ3n) is 11.3. The number of hydrogen-bond acceptors (Lipinski definition) is 11. The molecule has 3 aliphatic rings. The van der Waals surface area contributed by atoms with Gasteiger partial charge in [-0.25, -0.2) is 4.79 Å². The SMILES string of the molecule is C=CCOc1ccc2c(c1)[C@H]1[C@H](CCCCO)[C@@H](CCCCO)C=C3C(=NOCc4ccc([N+](=O)[O-])cc4)C[C@H](N(CCC)C(=O)OCC(C)(C)C)[C@@](OCC=C)(O2)[C@H]31. The molecule has 2 aromatic rings. The molecule has 1 saturated carbocycles. The second kappa shape index (κ2) is 21.0. The van der Waals surface area contributed by atoms with Gasteiger partial charge >= 0.3 is 6.09 Å². The molecular formula is C46H63N3O10. The molecule has 2 aromatic carbocycles. The van der Waals surface area contributed by atoms with Gasteiger partial charge in [0.15, 0.2) is 0 Å². The highest BCUT2D eigenvalue weighted by Gasteiger charge is 2.65. The minimum absolute atomic E-state index is 0.0183. The molecule has 0 spiro atoms. The number of benzene rings is 2. The van der Waals surface area contributed by atoms with E-state index in [1.807, 2.05) is 45.9 Å². The van der Waals surface area contributed by atoms with E-state index >= 15 is 0 Å². The van der Waals surface area contributed by atoms with Gasteiger partial charge < -0.3 is 34.0 Å². The van der Waals surface area contributed by atoms with E-state index in [-0.39, 0.29) is 68.3 Å². The lowest BCUT2D eigenvalue weighted by Gasteiger charge is -2.60. The van der Waals surface area contributed by atoms with Crippen LogP contribution in [0.15, 0.2) is 84.6 Å². The number of aliphatic hydroxyl groups is 2. The molecule has 13 nitrogen and oxygen atoms in total. The lowest BCUT2D eigenvalue weighted by atomic mass is 9.55. The van der Waals surface area contributed by atoms with E-state index in [1.165, 1.54) is 12.1 Å². The van der Waals surface area contributed by atoms with Crippen LogP contribution in [0, 0.1) is 33.3 Å². The fourth-order valence-corrected chi connectivity index (χ4v) is 8.77. The first-order chi connectivity index (χ1) is 28.4. The number of aliphatic hydroxyl groups excluding tert-OH is 2. The zero-order valence-corrected chi connectivity index (χ0v) is 35.2. The maximum absolute atomic E-state index is 14.4. The highest BCUT2D eigenvalue weighted by Crippen LogP contribution is 2.62. The van der Waals surface area contributed by atoms with Crippen LogP contribution in [-0.4, -0.2) is 83.2 Å². The summed E-state index contributed by atoms with van der Waals surface area (Å²) in [6.07, 6.45) is 10.5. The summed E-state index contributed by atoms with van der Waals surface area (Å²) in [5, 5.41) is 35.9. The summed E-state index contributed by atoms with van der Waals surface area (Å²) in [5.74, 6) is -0.732. The third-order valence-corrected chi connectivity index (χ3v) is 11.3. The normalized spacial score (nSPS) is 23.9. The van der Waals surface area contributed by atoms with Crippen molar-refractivity contribution in [2.75, 3.05) is 39.6 Å². The molecule has 2 N–H and O–H groups in total. The van der Waals surface area contributed by atoms with Crippen molar-refractivity contribution in [2.24, 2.45) is 28.3 Å². The summed E-state index contributed by atoms with van der Waals surface area (Å²) < 4.78 is 26.4. The largest absolute Gasteiger partial charge is 0.490 e. The van der Waals surface area contributed by atoms with Gasteiger partial charge in [-0.15, -0.1) is 6.58 Å². The number of hydrogen-bond donors (Lipinski definition) is 2. The molecule has 0 radical (unpaired) electrons. The van der Waals surface area contributed by atoms with Crippen LogP contribution in [0.4, 0.5) is 10.5 Å². The van der Waals surface area contributed by atoms with E-state index in [2.05, 4.69) is 19.2 Å². The van der Waals surface area contributed by atoms with E-state index in [1.54, 1.807) is 29.2 Å². The molecule has 1 fully saturated rings. The van der Waals surface area contributed by atoms with Gasteiger partial charge in [-0.1, -0.05) is 70.5 Å². The second-order valence-corrected chi connectivity index (χ2v) is 16.9. The van der Waals surface area contributed by atoms with Crippen molar-refractivity contribution >= 4 is 17.5 Å². The molecule has 6 atom stereocenters. The van der Waals surface area contributed by atoms with E-state index in [4.69, 9.17) is 28.9 Å². The summed E-state index contributed by atoms with van der Waals surface area (Å²) in [4.78, 5) is 33.1. The number of carbonyl (C=O) groups is 1. The fraction of sp³-hybridized carbons (Fsp3) is 0.565. The molecule has 2 aliphatic carbocycles. The Balaban J connectivity index is 1.75. The van der Waals surface area contributed by atoms with Gasteiger partial charge in [-0.3, -0.25) is 15.0 Å². The number of amides is 1. The highest BCUT2D eigenvalue weighted by molar-refractivity contribution is 6.03. The molecule has 1 amide bonds. The fourth-order valence-electron chi connectivity index (χ4n) is 8.77. The summed E-state index contributed by atoms with van der Waals surface area (Å²) >= 11 is 0. The Bertz CT molecular complexity index is 1800. The Morgan fingerprint density at radius 1 is 1.05 bits per heavy atom. The number of nitrogens with zero attached hydrogens (tertiary/aromatic N) is 3. The van der Waals surface area contributed by atoms with Gasteiger partial charge in [0.25, 0.3) is 5.69 Å². The predicted octanol–water partition coefficient (Wildman–Crippen LogP) is 8.89. The van der Waals surface area contributed by atoms with Crippen molar-refractivity contribution in [1.82, 2.24) is 4.90 Å². The number of allylic oxidation sites excluding steroid dienone is 1. The highest BCUT2D eigenvalue weighted by atomic mass is 16.7. The van der Waals surface area contributed by atoms with Crippen molar-refractivity contribution in [1.29, 1.82) is 0 Å². The first kappa shape index (κ1) is 45.4. The Hall–Kier alpha value is -4.72. The molecule has 1 aliphatic heterocycles. The number of fused-ring (bicyclic) bond motifs is 2. The Morgan fingerprint density at radius 3 is 2.41 bits per heavy atom. The average Bonchev–Trinajstić information content (AvgIpc) is 3.22. The lowest BCUT2D eigenvalue weighted by Crippen LogP contribution is -2.70. The molecule has 322 valence electrons. The van der Waals surface area contributed by atoms with Crippen LogP contribution in [0.3, 0.4) is 0 Å². The maximum Gasteiger partial charge on any atom is 0.410 e. The van der Waals surface area contributed by atoms with Gasteiger partial charge in [0, 0.05) is 49.8 Å². The number of unbranched alkanes of at least 4 members (excludes halogenated alkanes) is 2. The number of oxime groups is 1. The molecule has 0 unspecified atom stereocenters. The Kier molecular flexibility index (Phi) is 16.1. The van der Waals surface area contributed by atoms with Gasteiger partial charge in [-0.05, 0) is 90.8 Å². The number of nitro benzene ring substituents is 1. The number of ether oxygens (including phenoxy) is 4. The first-order valence-corrected chi connectivity index (χ1v) is 21.0. The van der Waals surface area contributed by atoms with E-state index in [0.29, 0.717) is 55.2 Å². The maximum atomic E-state index is 14.4. The van der Waals surface area contributed by atoms with Gasteiger partial charge in [0.05, 0.1) is 29.8 Å². The van der Waals surface area contributed by atoms with Crippen molar-refractivity contribution in [2.45, 2.75) is 103 Å². The zero-order valence-electron chi connectivity index (χ0n) is 35.2. The van der Waals surface area contributed by atoms with Crippen LogP contribution in [0.1, 0.15) is 96.1 Å². The van der Waals surface area contributed by atoms with Crippen molar-refractivity contribution < 1.29 is 43.7 Å². The van der Waals surface area contributed by atoms with Crippen molar-refractivity contribution in [3.8, 4) is 11.5 Å². The van der Waals surface area contributed by atoms with Crippen LogP contribution < -0.4 is 9.47 Å².